The lowest BCUT2D eigenvalue weighted by Crippen LogP contribution is -2.67. The number of phenols is 1. The van der Waals surface area contributed by atoms with Crippen molar-refractivity contribution in [2.45, 2.75) is 73.4 Å². The van der Waals surface area contributed by atoms with Crippen molar-refractivity contribution in [1.82, 2.24) is 26.8 Å². The number of nitrogens with zero attached hydrogens (tertiary/aromatic N) is 1. The number of aliphatic hydroxyl groups excluding tert-OH is 3. The molecule has 2 aliphatic carbocycles. The third-order valence-corrected chi connectivity index (χ3v) is 8.87. The monoisotopic (exact) mass is 489 g/mol. The Morgan fingerprint density at radius 2 is 1.89 bits per heavy atom. The fourth-order valence-corrected chi connectivity index (χ4v) is 7.18. The molecule has 10 atom stereocenters. The molecule has 0 aromatic heterocycles. The fourth-order valence-electron chi connectivity index (χ4n) is 7.18. The Hall–Kier alpha value is -1.84. The Kier molecular flexibility index (Phi) is 5.00. The topological polar surface area (TPSA) is 160 Å². The molecule has 12 nitrogen and oxygen atoms in total. The Morgan fingerprint density at radius 3 is 2.69 bits per heavy atom. The van der Waals surface area contributed by atoms with Crippen LogP contribution in [0.4, 0.5) is 0 Å². The van der Waals surface area contributed by atoms with E-state index >= 15 is 0 Å². The van der Waals surface area contributed by atoms with Crippen LogP contribution in [0.2, 0.25) is 0 Å². The first-order valence-corrected chi connectivity index (χ1v) is 12.2. The van der Waals surface area contributed by atoms with Gasteiger partial charge in [0.15, 0.2) is 17.8 Å². The average molecular weight is 490 g/mol. The number of likely N-dealkylation sites (tertiary alicyclic amines) is 1. The average Bonchev–Trinajstić information content (AvgIpc) is 3.50. The van der Waals surface area contributed by atoms with E-state index in [4.69, 9.17) is 14.2 Å². The van der Waals surface area contributed by atoms with E-state index in [9.17, 15) is 20.4 Å². The number of phenolic OH excluding ortho intramolecular Hbond substituents is 1. The van der Waals surface area contributed by atoms with E-state index in [2.05, 4.69) is 39.9 Å². The van der Waals surface area contributed by atoms with Crippen LogP contribution in [0.25, 0.3) is 0 Å². The zero-order valence-corrected chi connectivity index (χ0v) is 19.2. The lowest BCUT2D eigenvalue weighted by Gasteiger charge is -2.57. The van der Waals surface area contributed by atoms with Crippen LogP contribution in [-0.4, -0.2) is 94.0 Å². The number of hydrazine groups is 3. The third-order valence-electron chi connectivity index (χ3n) is 8.87. The van der Waals surface area contributed by atoms with Crippen LogP contribution in [0.15, 0.2) is 24.3 Å². The highest BCUT2D eigenvalue weighted by atomic mass is 16.7. The normalized spacial score (nSPS) is 46.5. The minimum absolute atomic E-state index is 0.119. The van der Waals surface area contributed by atoms with Gasteiger partial charge in [-0.2, -0.15) is 11.1 Å². The minimum Gasteiger partial charge on any atom is -0.504 e. The molecule has 1 spiro atoms. The van der Waals surface area contributed by atoms with Gasteiger partial charge in [0.25, 0.3) is 0 Å². The molecule has 2 bridgehead atoms. The first-order chi connectivity index (χ1) is 16.9. The maximum Gasteiger partial charge on any atom is 0.187 e. The number of ether oxygens (including phenoxy) is 3. The highest BCUT2D eigenvalue weighted by Crippen LogP contribution is 2.62. The van der Waals surface area contributed by atoms with Crippen molar-refractivity contribution in [3.05, 3.63) is 35.4 Å². The van der Waals surface area contributed by atoms with Gasteiger partial charge < -0.3 is 39.5 Å². The van der Waals surface area contributed by atoms with Gasteiger partial charge in [0, 0.05) is 22.9 Å². The standard InChI is InChI=1S/C23H31N5O7/c1-28-7-6-23-10-3-5-13(20(23)34-18-12(29)4-2-9(14(18)23)8-11(10)28)33-22-17(32)15(30)16(31)19(35-22)21-24-26-27-25-21/h2-5,10-11,13,15-17,19-22,24-27,29-32H,6-8H2,1H3/t10?,11-,13?,15+,16+,17?,19?,20+,22-,23+/m1/s1. The Balaban J connectivity index is 1.23. The van der Waals surface area contributed by atoms with Crippen LogP contribution in [-0.2, 0) is 21.3 Å². The largest absolute Gasteiger partial charge is 0.504 e. The lowest BCUT2D eigenvalue weighted by atomic mass is 9.53. The minimum atomic E-state index is -1.47. The Morgan fingerprint density at radius 1 is 1.09 bits per heavy atom. The second-order valence-electron chi connectivity index (χ2n) is 10.5. The second kappa shape index (κ2) is 7.83. The first kappa shape index (κ1) is 22.4. The number of nitrogens with one attached hydrogen (secondary N) is 4. The van der Waals surface area contributed by atoms with E-state index < -0.39 is 49.1 Å². The zero-order valence-electron chi connectivity index (χ0n) is 19.2. The van der Waals surface area contributed by atoms with Crippen molar-refractivity contribution in [2.24, 2.45) is 5.92 Å². The van der Waals surface area contributed by atoms with Gasteiger partial charge in [0.2, 0.25) is 0 Å². The van der Waals surface area contributed by atoms with Gasteiger partial charge in [-0.3, -0.25) is 0 Å². The number of hydrogen-bond acceptors (Lipinski definition) is 12. The van der Waals surface area contributed by atoms with Gasteiger partial charge in [-0.25, -0.2) is 10.9 Å². The summed E-state index contributed by atoms with van der Waals surface area (Å²) in [7, 11) is 2.15. The van der Waals surface area contributed by atoms with Crippen molar-refractivity contribution in [2.75, 3.05) is 13.6 Å². The van der Waals surface area contributed by atoms with Crippen molar-refractivity contribution in [1.29, 1.82) is 0 Å². The van der Waals surface area contributed by atoms with Crippen molar-refractivity contribution in [3.63, 3.8) is 0 Å². The molecule has 4 aliphatic heterocycles. The number of likely N-dealkylation sites (N-methyl/N-ethyl adjacent to an activating group) is 1. The van der Waals surface area contributed by atoms with Crippen LogP contribution in [0.3, 0.4) is 0 Å². The van der Waals surface area contributed by atoms with Gasteiger partial charge >= 0.3 is 0 Å². The van der Waals surface area contributed by atoms with Gasteiger partial charge in [-0.1, -0.05) is 18.2 Å². The first-order valence-electron chi connectivity index (χ1n) is 12.2. The molecular formula is C23H31N5O7. The van der Waals surface area contributed by atoms with Crippen molar-refractivity contribution < 1.29 is 34.6 Å². The van der Waals surface area contributed by atoms with Gasteiger partial charge in [0.05, 0.1) is 0 Å². The second-order valence-corrected chi connectivity index (χ2v) is 10.5. The summed E-state index contributed by atoms with van der Waals surface area (Å²) in [5.41, 5.74) is 12.9. The summed E-state index contributed by atoms with van der Waals surface area (Å²) in [6.45, 7) is 0.894. The lowest BCUT2D eigenvalue weighted by molar-refractivity contribution is -0.314. The van der Waals surface area contributed by atoms with Crippen molar-refractivity contribution >= 4 is 0 Å². The summed E-state index contributed by atoms with van der Waals surface area (Å²) in [5.74, 6) is 0.837. The number of piperidine rings is 1. The van der Waals surface area contributed by atoms with Crippen LogP contribution >= 0.6 is 0 Å². The molecule has 190 valence electrons. The summed E-state index contributed by atoms with van der Waals surface area (Å²) in [6, 6.07) is 4.01. The Labute approximate surface area is 201 Å². The molecule has 3 fully saturated rings. The van der Waals surface area contributed by atoms with E-state index in [1.54, 1.807) is 6.07 Å². The van der Waals surface area contributed by atoms with Gasteiger partial charge in [0.1, 0.15) is 42.8 Å². The third kappa shape index (κ3) is 2.98. The molecule has 0 saturated carbocycles. The number of hydrogen-bond donors (Lipinski definition) is 8. The molecule has 1 aromatic rings. The molecule has 4 unspecified atom stereocenters. The molecule has 0 radical (unpaired) electrons. The van der Waals surface area contributed by atoms with Crippen LogP contribution in [0.5, 0.6) is 11.5 Å². The van der Waals surface area contributed by atoms with E-state index in [1.807, 2.05) is 12.1 Å². The molecule has 6 aliphatic rings. The predicted octanol–water partition coefficient (Wildman–Crippen LogP) is -2.53. The smallest absolute Gasteiger partial charge is 0.187 e. The highest BCUT2D eigenvalue weighted by Gasteiger charge is 2.65. The predicted molar refractivity (Wildman–Crippen MR) is 119 cm³/mol. The highest BCUT2D eigenvalue weighted by molar-refractivity contribution is 5.61. The van der Waals surface area contributed by atoms with Gasteiger partial charge in [-0.05, 0) is 38.1 Å². The maximum absolute atomic E-state index is 10.7. The quantitative estimate of drug-likeness (QED) is 0.211. The summed E-state index contributed by atoms with van der Waals surface area (Å²) in [6.07, 6.45) is -2.16. The Bertz CT molecular complexity index is 1050. The molecular weight excluding hydrogens is 458 g/mol. The summed E-state index contributed by atoms with van der Waals surface area (Å²) >= 11 is 0. The molecule has 8 N–H and O–H groups in total. The van der Waals surface area contributed by atoms with Gasteiger partial charge in [-0.15, -0.1) is 0 Å². The molecule has 35 heavy (non-hydrogen) atoms. The number of aromatic hydroxyl groups is 1. The number of rotatable bonds is 3. The summed E-state index contributed by atoms with van der Waals surface area (Å²) in [5, 5.41) is 42.5. The maximum atomic E-state index is 10.7. The fraction of sp³-hybridized carbons (Fsp3) is 0.652. The van der Waals surface area contributed by atoms with E-state index in [0.717, 1.165) is 24.9 Å². The van der Waals surface area contributed by atoms with E-state index in [-0.39, 0.29) is 17.1 Å². The molecule has 4 heterocycles. The molecule has 3 saturated heterocycles. The van der Waals surface area contributed by atoms with E-state index in [1.165, 1.54) is 5.56 Å². The summed E-state index contributed by atoms with van der Waals surface area (Å²) < 4.78 is 18.8. The summed E-state index contributed by atoms with van der Waals surface area (Å²) in [4.78, 5) is 2.40. The number of aliphatic hydroxyl groups is 3. The van der Waals surface area contributed by atoms with Crippen LogP contribution < -0.4 is 26.7 Å². The number of benzene rings is 1. The van der Waals surface area contributed by atoms with Crippen molar-refractivity contribution in [3.8, 4) is 11.5 Å². The molecule has 0 amide bonds. The zero-order chi connectivity index (χ0) is 24.1. The molecule has 12 heteroatoms. The van der Waals surface area contributed by atoms with Crippen LogP contribution in [0, 0.1) is 5.92 Å². The molecule has 1 aromatic carbocycles. The van der Waals surface area contributed by atoms with E-state index in [0.29, 0.717) is 11.8 Å². The SMILES string of the molecule is CN1CC[C@]23c4c5ccc(O)c4O[C@H]2C(O[C@@H]2OC(C4NNNN4)[C@@H](O)[C@H](O)C2O)C=CC3[C@H]1C5. The molecule has 7 rings (SSSR count). The van der Waals surface area contributed by atoms with Crippen LogP contribution in [0.1, 0.15) is 17.5 Å².